The maximum atomic E-state index is 9.29. The molecule has 0 fully saturated rings. The lowest BCUT2D eigenvalue weighted by atomic mass is 10.8. The third-order valence-corrected chi connectivity index (χ3v) is 0.287. The fourth-order valence-electron chi connectivity index (χ4n) is 0.0833. The highest BCUT2D eigenvalue weighted by atomic mass is 16.2. The second kappa shape index (κ2) is 16.7. The summed E-state index contributed by atoms with van der Waals surface area (Å²) in [7, 11) is 0. The highest BCUT2D eigenvalue weighted by Gasteiger charge is 1.59. The molecule has 0 aromatic carbocycles. The molecule has 8 heavy (non-hydrogen) atoms. The van der Waals surface area contributed by atoms with E-state index in [4.69, 9.17) is 5.11 Å². The number of nitrogens with one attached hydrogen (secondary N) is 1. The van der Waals surface area contributed by atoms with Crippen LogP contribution in [0, 0.1) is 0 Å². The predicted octanol–water partition coefficient (Wildman–Crippen LogP) is 0.313. The standard InChI is InChI=1S/C3H7NO.C2H3O/c1-2-4-3-5;1-2-3/h3H,2H2,1H3,(H,4,5);2H,1H2. The molecule has 47 valence electrons. The molecule has 1 radical (unpaired) electrons. The number of rotatable bonds is 2. The van der Waals surface area contributed by atoms with Gasteiger partial charge in [0.1, 0.15) is 6.26 Å². The van der Waals surface area contributed by atoms with E-state index in [1.807, 2.05) is 6.92 Å². The SMILES string of the molecule is C=C[O].CCNC=O. The molecule has 0 aromatic rings. The van der Waals surface area contributed by atoms with Crippen molar-refractivity contribution >= 4 is 6.41 Å². The van der Waals surface area contributed by atoms with Gasteiger partial charge < -0.3 is 5.32 Å². The molecule has 1 amide bonds. The number of amides is 1. The monoisotopic (exact) mass is 116 g/mol. The first-order valence-corrected chi connectivity index (χ1v) is 2.23. The molecular formula is C5H10NO2. The van der Waals surface area contributed by atoms with Crippen molar-refractivity contribution in [1.82, 2.24) is 5.32 Å². The van der Waals surface area contributed by atoms with Gasteiger partial charge in [0, 0.05) is 6.54 Å². The molecular weight excluding hydrogens is 106 g/mol. The molecule has 0 aliphatic rings. The highest BCUT2D eigenvalue weighted by molar-refractivity contribution is 5.45. The molecule has 0 aromatic heterocycles. The van der Waals surface area contributed by atoms with E-state index in [0.29, 0.717) is 12.7 Å². The van der Waals surface area contributed by atoms with Gasteiger partial charge in [-0.1, -0.05) is 6.58 Å². The second-order valence-electron chi connectivity index (χ2n) is 0.842. The van der Waals surface area contributed by atoms with Gasteiger partial charge >= 0.3 is 0 Å². The van der Waals surface area contributed by atoms with Gasteiger partial charge in [-0.25, -0.2) is 0 Å². The minimum atomic E-state index is 0.500. The first kappa shape index (κ1) is 10.1. The normalized spacial score (nSPS) is 5.62. The fourth-order valence-corrected chi connectivity index (χ4v) is 0.0833. The summed E-state index contributed by atoms with van der Waals surface area (Å²) in [6.07, 6.45) is 1.18. The van der Waals surface area contributed by atoms with Gasteiger partial charge in [0.2, 0.25) is 6.41 Å². The summed E-state index contributed by atoms with van der Waals surface area (Å²) in [6, 6.07) is 0. The van der Waals surface area contributed by atoms with Crippen molar-refractivity contribution in [3.63, 3.8) is 0 Å². The Morgan fingerprint density at radius 1 is 1.75 bits per heavy atom. The van der Waals surface area contributed by atoms with E-state index in [-0.39, 0.29) is 0 Å². The quantitative estimate of drug-likeness (QED) is 0.409. The maximum Gasteiger partial charge on any atom is 0.207 e. The van der Waals surface area contributed by atoms with E-state index >= 15 is 0 Å². The number of carbonyl (C=O) groups is 1. The van der Waals surface area contributed by atoms with Crippen LogP contribution in [-0.2, 0) is 9.90 Å². The van der Waals surface area contributed by atoms with Crippen molar-refractivity contribution in [2.24, 2.45) is 0 Å². The zero-order valence-electron chi connectivity index (χ0n) is 4.89. The van der Waals surface area contributed by atoms with E-state index in [1.54, 1.807) is 0 Å². The predicted molar refractivity (Wildman–Crippen MR) is 30.6 cm³/mol. The molecule has 3 heteroatoms. The second-order valence-corrected chi connectivity index (χ2v) is 0.842. The van der Waals surface area contributed by atoms with Crippen molar-refractivity contribution in [3.05, 3.63) is 12.8 Å². The van der Waals surface area contributed by atoms with Crippen molar-refractivity contribution in [1.29, 1.82) is 0 Å². The Labute approximate surface area is 49.0 Å². The van der Waals surface area contributed by atoms with E-state index in [1.165, 1.54) is 0 Å². The lowest BCUT2D eigenvalue weighted by Gasteiger charge is -1.78. The number of carbonyl (C=O) groups excluding carboxylic acids is 1. The van der Waals surface area contributed by atoms with Crippen LogP contribution in [0.1, 0.15) is 6.92 Å². The van der Waals surface area contributed by atoms with Gasteiger partial charge in [-0.3, -0.25) is 9.90 Å². The molecule has 0 saturated heterocycles. The lowest BCUT2D eigenvalue weighted by Crippen LogP contribution is -2.07. The van der Waals surface area contributed by atoms with Crippen molar-refractivity contribution in [2.75, 3.05) is 6.54 Å². The van der Waals surface area contributed by atoms with Crippen LogP contribution in [0.5, 0.6) is 0 Å². The van der Waals surface area contributed by atoms with Crippen LogP contribution in [0.3, 0.4) is 0 Å². The van der Waals surface area contributed by atoms with Gasteiger partial charge in [0.05, 0.1) is 0 Å². The summed E-state index contributed by atoms with van der Waals surface area (Å²) in [4.78, 5) is 9.29. The summed E-state index contributed by atoms with van der Waals surface area (Å²) >= 11 is 0. The zero-order chi connectivity index (χ0) is 6.83. The van der Waals surface area contributed by atoms with Crippen LogP contribution in [0.2, 0.25) is 0 Å². The molecule has 0 aliphatic heterocycles. The van der Waals surface area contributed by atoms with E-state index in [0.717, 1.165) is 6.54 Å². The zero-order valence-corrected chi connectivity index (χ0v) is 4.89. The number of hydrogen-bond donors (Lipinski definition) is 1. The van der Waals surface area contributed by atoms with Crippen molar-refractivity contribution < 1.29 is 9.90 Å². The first-order chi connectivity index (χ1) is 3.83. The van der Waals surface area contributed by atoms with E-state index in [9.17, 15) is 4.79 Å². The third kappa shape index (κ3) is 79.0. The molecule has 0 spiro atoms. The molecule has 0 atom stereocenters. The Hall–Kier alpha value is -0.990. The summed E-state index contributed by atoms with van der Waals surface area (Å²) in [5.41, 5.74) is 0. The topological polar surface area (TPSA) is 49.0 Å². The fraction of sp³-hybridized carbons (Fsp3) is 0.400. The van der Waals surface area contributed by atoms with Gasteiger partial charge in [-0.2, -0.15) is 0 Å². The van der Waals surface area contributed by atoms with Gasteiger partial charge in [-0.15, -0.1) is 0 Å². The van der Waals surface area contributed by atoms with Gasteiger partial charge in [0.25, 0.3) is 0 Å². The van der Waals surface area contributed by atoms with Crippen molar-refractivity contribution in [3.8, 4) is 0 Å². The lowest BCUT2D eigenvalue weighted by molar-refractivity contribution is -0.109. The molecule has 0 heterocycles. The first-order valence-electron chi connectivity index (χ1n) is 2.23. The highest BCUT2D eigenvalue weighted by Crippen LogP contribution is 1.37. The van der Waals surface area contributed by atoms with Crippen LogP contribution in [0.4, 0.5) is 0 Å². The Morgan fingerprint density at radius 2 is 2.12 bits per heavy atom. The smallest absolute Gasteiger partial charge is 0.207 e. The molecule has 0 aliphatic carbocycles. The average Bonchev–Trinajstić information content (AvgIpc) is 1.71. The Kier molecular flexibility index (Phi) is 21.0. The number of hydrogen-bond acceptors (Lipinski definition) is 1. The van der Waals surface area contributed by atoms with Gasteiger partial charge in [-0.05, 0) is 6.92 Å². The van der Waals surface area contributed by atoms with Crippen LogP contribution in [0.15, 0.2) is 12.8 Å². The van der Waals surface area contributed by atoms with E-state index < -0.39 is 0 Å². The van der Waals surface area contributed by atoms with Crippen LogP contribution in [0.25, 0.3) is 0 Å². The minimum absolute atomic E-state index is 0.500. The molecule has 1 N–H and O–H groups in total. The average molecular weight is 116 g/mol. The molecule has 3 nitrogen and oxygen atoms in total. The Balaban J connectivity index is 0. The third-order valence-electron chi connectivity index (χ3n) is 0.287. The Morgan fingerprint density at radius 3 is 2.12 bits per heavy atom. The van der Waals surface area contributed by atoms with Gasteiger partial charge in [0.15, 0.2) is 0 Å². The van der Waals surface area contributed by atoms with E-state index in [2.05, 4.69) is 11.9 Å². The van der Waals surface area contributed by atoms with Crippen molar-refractivity contribution in [2.45, 2.75) is 6.92 Å². The van der Waals surface area contributed by atoms with Crippen LogP contribution >= 0.6 is 0 Å². The summed E-state index contributed by atoms with van der Waals surface area (Å²) < 4.78 is 0. The van der Waals surface area contributed by atoms with Crippen LogP contribution in [-0.4, -0.2) is 13.0 Å². The maximum absolute atomic E-state index is 9.29. The summed E-state index contributed by atoms with van der Waals surface area (Å²) in [5.74, 6) is 0. The van der Waals surface area contributed by atoms with Crippen LogP contribution < -0.4 is 5.32 Å². The largest absolute Gasteiger partial charge is 0.359 e. The minimum Gasteiger partial charge on any atom is -0.359 e. The Bertz CT molecular complexity index is 54.4. The molecule has 0 bridgehead atoms. The summed E-state index contributed by atoms with van der Waals surface area (Å²) in [5, 5.41) is 11.1. The summed E-state index contributed by atoms with van der Waals surface area (Å²) in [6.45, 7) is 5.40. The molecule has 0 saturated carbocycles. The molecule has 0 rings (SSSR count). The molecule has 0 unspecified atom stereocenters.